The summed E-state index contributed by atoms with van der Waals surface area (Å²) < 4.78 is 5.39. The third kappa shape index (κ3) is 5.77. The van der Waals surface area contributed by atoms with E-state index in [0.717, 1.165) is 18.7 Å². The summed E-state index contributed by atoms with van der Waals surface area (Å²) in [6.07, 6.45) is 1.01. The van der Waals surface area contributed by atoms with E-state index in [-0.39, 0.29) is 12.5 Å². The van der Waals surface area contributed by atoms with Crippen LogP contribution in [0.1, 0.15) is 17.8 Å². The Morgan fingerprint density at radius 2 is 2.04 bits per heavy atom. The molecular weight excluding hydrogens is 380 g/mol. The van der Waals surface area contributed by atoms with Crippen molar-refractivity contribution < 1.29 is 9.53 Å². The van der Waals surface area contributed by atoms with E-state index in [9.17, 15) is 4.79 Å². The van der Waals surface area contributed by atoms with Crippen molar-refractivity contribution >= 4 is 29.4 Å². The van der Waals surface area contributed by atoms with Crippen LogP contribution in [0.4, 0.5) is 11.9 Å². The molecule has 9 heteroatoms. The normalized spacial score (nSPS) is 14.0. The van der Waals surface area contributed by atoms with Crippen LogP contribution in [0, 0.1) is 0 Å². The second-order valence-corrected chi connectivity index (χ2v) is 7.19. The highest BCUT2D eigenvalue weighted by Gasteiger charge is 2.17. The molecule has 2 aromatic rings. The van der Waals surface area contributed by atoms with Crippen LogP contribution < -0.4 is 15.1 Å². The fourth-order valence-corrected chi connectivity index (χ4v) is 3.01. The molecule has 0 aliphatic carbocycles. The number of hydrogen-bond donors (Lipinski definition) is 1. The molecule has 3 rings (SSSR count). The van der Waals surface area contributed by atoms with E-state index in [2.05, 4.69) is 25.2 Å². The molecular formula is C19H25ClN6O2. The van der Waals surface area contributed by atoms with E-state index in [1.807, 2.05) is 43.3 Å². The molecule has 1 aromatic carbocycles. The van der Waals surface area contributed by atoms with Crippen LogP contribution in [0.3, 0.4) is 0 Å². The minimum absolute atomic E-state index is 0.0558. The number of halogens is 1. The zero-order valence-electron chi connectivity index (χ0n) is 16.2. The number of ether oxygens (including phenoxy) is 1. The number of benzene rings is 1. The number of aromatic nitrogens is 3. The van der Waals surface area contributed by atoms with Crippen molar-refractivity contribution in [2.75, 3.05) is 50.2 Å². The Morgan fingerprint density at radius 1 is 1.25 bits per heavy atom. The molecule has 0 radical (unpaired) electrons. The average molecular weight is 405 g/mol. The van der Waals surface area contributed by atoms with Crippen LogP contribution in [0.5, 0.6) is 0 Å². The molecule has 8 nitrogen and oxygen atoms in total. The molecule has 0 unspecified atom stereocenters. The molecule has 2 heterocycles. The minimum Gasteiger partial charge on any atom is -0.378 e. The van der Waals surface area contributed by atoms with E-state index in [0.29, 0.717) is 48.8 Å². The summed E-state index contributed by atoms with van der Waals surface area (Å²) in [6, 6.07) is 7.54. The standard InChI is InChI=1S/C19H25ClN6O2/c1-25(2)18-22-16(23-19(24-18)26-8-10-28-11-9-26)13-21-17(27)7-6-14-4-3-5-15(20)12-14/h3-5,12H,6-11,13H2,1-2H3,(H,21,27). The van der Waals surface area contributed by atoms with Gasteiger partial charge in [0.1, 0.15) is 0 Å². The van der Waals surface area contributed by atoms with Gasteiger partial charge in [0.2, 0.25) is 17.8 Å². The van der Waals surface area contributed by atoms with Gasteiger partial charge in [0, 0.05) is 38.6 Å². The molecule has 150 valence electrons. The van der Waals surface area contributed by atoms with Crippen molar-refractivity contribution in [2.45, 2.75) is 19.4 Å². The Balaban J connectivity index is 1.60. The maximum absolute atomic E-state index is 12.2. The average Bonchev–Trinajstić information content (AvgIpc) is 2.71. The highest BCUT2D eigenvalue weighted by Crippen LogP contribution is 2.15. The van der Waals surface area contributed by atoms with E-state index in [1.165, 1.54) is 0 Å². The van der Waals surface area contributed by atoms with Crippen LogP contribution >= 0.6 is 11.6 Å². The van der Waals surface area contributed by atoms with Gasteiger partial charge in [0.25, 0.3) is 0 Å². The Hall–Kier alpha value is -2.45. The summed E-state index contributed by atoms with van der Waals surface area (Å²) in [5, 5.41) is 3.57. The molecule has 1 aliphatic rings. The first-order valence-electron chi connectivity index (χ1n) is 9.27. The van der Waals surface area contributed by atoms with Crippen LogP contribution in [-0.4, -0.2) is 61.3 Å². The molecule has 1 N–H and O–H groups in total. The van der Waals surface area contributed by atoms with Gasteiger partial charge in [-0.25, -0.2) is 0 Å². The highest BCUT2D eigenvalue weighted by molar-refractivity contribution is 6.30. The molecule has 1 aliphatic heterocycles. The second kappa shape index (κ2) is 9.66. The quantitative estimate of drug-likeness (QED) is 0.751. The Labute approximate surface area is 169 Å². The highest BCUT2D eigenvalue weighted by atomic mass is 35.5. The first-order chi connectivity index (χ1) is 13.5. The van der Waals surface area contributed by atoms with Crippen molar-refractivity contribution in [3.05, 3.63) is 40.7 Å². The summed E-state index contributed by atoms with van der Waals surface area (Å²) in [5.41, 5.74) is 1.03. The van der Waals surface area contributed by atoms with Gasteiger partial charge in [-0.15, -0.1) is 0 Å². The third-order valence-corrected chi connectivity index (χ3v) is 4.56. The summed E-state index contributed by atoms with van der Waals surface area (Å²) in [7, 11) is 3.76. The van der Waals surface area contributed by atoms with Crippen molar-refractivity contribution in [1.29, 1.82) is 0 Å². The minimum atomic E-state index is -0.0558. The van der Waals surface area contributed by atoms with E-state index < -0.39 is 0 Å². The monoisotopic (exact) mass is 404 g/mol. The van der Waals surface area contributed by atoms with Crippen molar-refractivity contribution in [2.24, 2.45) is 0 Å². The van der Waals surface area contributed by atoms with Gasteiger partial charge < -0.3 is 19.9 Å². The summed E-state index contributed by atoms with van der Waals surface area (Å²) >= 11 is 5.98. The molecule has 1 fully saturated rings. The predicted molar refractivity (Wildman–Crippen MR) is 109 cm³/mol. The van der Waals surface area contributed by atoms with Gasteiger partial charge in [0.15, 0.2) is 5.82 Å². The Kier molecular flexibility index (Phi) is 7.00. The molecule has 0 spiro atoms. The van der Waals surface area contributed by atoms with Gasteiger partial charge >= 0.3 is 0 Å². The summed E-state index contributed by atoms with van der Waals surface area (Å²) in [5.74, 6) is 1.67. The first kappa shape index (κ1) is 20.3. The van der Waals surface area contributed by atoms with Crippen molar-refractivity contribution in [1.82, 2.24) is 20.3 Å². The molecule has 0 bridgehead atoms. The van der Waals surface area contributed by atoms with E-state index in [4.69, 9.17) is 16.3 Å². The van der Waals surface area contributed by atoms with Gasteiger partial charge in [-0.2, -0.15) is 15.0 Å². The third-order valence-electron chi connectivity index (χ3n) is 4.33. The number of nitrogens with zero attached hydrogens (tertiary/aromatic N) is 5. The maximum Gasteiger partial charge on any atom is 0.230 e. The predicted octanol–water partition coefficient (Wildman–Crippen LogP) is 1.68. The van der Waals surface area contributed by atoms with Crippen LogP contribution in [0.25, 0.3) is 0 Å². The Morgan fingerprint density at radius 3 is 2.75 bits per heavy atom. The van der Waals surface area contributed by atoms with E-state index in [1.54, 1.807) is 0 Å². The fraction of sp³-hybridized carbons (Fsp3) is 0.474. The number of nitrogens with one attached hydrogen (secondary N) is 1. The fourth-order valence-electron chi connectivity index (χ4n) is 2.80. The zero-order chi connectivity index (χ0) is 19.9. The summed E-state index contributed by atoms with van der Waals surface area (Å²) in [6.45, 7) is 3.04. The van der Waals surface area contributed by atoms with Crippen molar-refractivity contribution in [3.8, 4) is 0 Å². The molecule has 0 atom stereocenters. The lowest BCUT2D eigenvalue weighted by atomic mass is 10.1. The largest absolute Gasteiger partial charge is 0.378 e. The molecule has 0 saturated carbocycles. The topological polar surface area (TPSA) is 83.5 Å². The lowest BCUT2D eigenvalue weighted by molar-refractivity contribution is -0.121. The number of morpholine rings is 1. The zero-order valence-corrected chi connectivity index (χ0v) is 16.9. The SMILES string of the molecule is CN(C)c1nc(CNC(=O)CCc2cccc(Cl)c2)nc(N2CCOCC2)n1. The van der Waals surface area contributed by atoms with E-state index >= 15 is 0 Å². The Bertz CT molecular complexity index is 811. The van der Waals surface area contributed by atoms with Crippen LogP contribution in [0.15, 0.2) is 24.3 Å². The van der Waals surface area contributed by atoms with Crippen molar-refractivity contribution in [3.63, 3.8) is 0 Å². The van der Waals surface area contributed by atoms with Gasteiger partial charge in [-0.1, -0.05) is 23.7 Å². The maximum atomic E-state index is 12.2. The lowest BCUT2D eigenvalue weighted by Gasteiger charge is -2.27. The number of amides is 1. The first-order valence-corrected chi connectivity index (χ1v) is 9.65. The number of anilines is 2. The number of hydrogen-bond acceptors (Lipinski definition) is 7. The number of aryl methyl sites for hydroxylation is 1. The number of carbonyl (C=O) groups is 1. The van der Waals surface area contributed by atoms with Crippen LogP contribution in [-0.2, 0) is 22.5 Å². The molecule has 1 saturated heterocycles. The lowest BCUT2D eigenvalue weighted by Crippen LogP contribution is -2.38. The van der Waals surface area contributed by atoms with Crippen LogP contribution in [0.2, 0.25) is 5.02 Å². The number of rotatable bonds is 7. The summed E-state index contributed by atoms with van der Waals surface area (Å²) in [4.78, 5) is 29.6. The second-order valence-electron chi connectivity index (χ2n) is 6.75. The molecule has 1 amide bonds. The van der Waals surface area contributed by atoms with Gasteiger partial charge in [-0.05, 0) is 24.1 Å². The van der Waals surface area contributed by atoms with Gasteiger partial charge in [-0.3, -0.25) is 4.79 Å². The molecule has 28 heavy (non-hydrogen) atoms. The number of carbonyl (C=O) groups excluding carboxylic acids is 1. The molecule has 1 aromatic heterocycles. The van der Waals surface area contributed by atoms with Gasteiger partial charge in [0.05, 0.1) is 19.8 Å². The smallest absolute Gasteiger partial charge is 0.230 e.